The molecule has 0 aliphatic rings. The van der Waals surface area contributed by atoms with Crippen molar-refractivity contribution in [2.75, 3.05) is 13.2 Å². The van der Waals surface area contributed by atoms with Crippen LogP contribution in [0.3, 0.4) is 0 Å². The topological polar surface area (TPSA) is 24.1 Å². The van der Waals surface area contributed by atoms with E-state index in [0.29, 0.717) is 11.7 Å². The van der Waals surface area contributed by atoms with Gasteiger partial charge in [-0.15, -0.1) is 0 Å². The number of alkyl halides is 1. The minimum atomic E-state index is -0.460. The van der Waals surface area contributed by atoms with Crippen molar-refractivity contribution in [3.63, 3.8) is 0 Å². The lowest BCUT2D eigenvalue weighted by atomic mass is 10.2. The van der Waals surface area contributed by atoms with Gasteiger partial charge in [-0.3, -0.25) is 0 Å². The van der Waals surface area contributed by atoms with Crippen LogP contribution in [0, 0.1) is 5.82 Å². The van der Waals surface area contributed by atoms with Crippen LogP contribution in [-0.2, 0) is 6.54 Å². The van der Waals surface area contributed by atoms with E-state index in [1.807, 2.05) is 0 Å². The highest BCUT2D eigenvalue weighted by atomic mass is 32.1. The number of hydrogen-bond acceptors (Lipinski definition) is 1. The summed E-state index contributed by atoms with van der Waals surface area (Å²) in [7, 11) is 0. The minimum absolute atomic E-state index is 0.204. The monoisotopic (exact) mass is 230 g/mol. The molecule has 5 heteroatoms. The highest BCUT2D eigenvalue weighted by Crippen LogP contribution is 2.01. The van der Waals surface area contributed by atoms with Gasteiger partial charge in [-0.25, -0.2) is 8.78 Å². The standard InChI is InChI=1S/C10H12F2N2S/c11-5-6-13-10(15)14-7-8-1-3-9(12)4-2-8/h1-4H,5-7H2,(H2,13,14,15). The van der Waals surface area contributed by atoms with Gasteiger partial charge < -0.3 is 10.6 Å². The Balaban J connectivity index is 2.30. The van der Waals surface area contributed by atoms with Gasteiger partial charge in [-0.05, 0) is 29.9 Å². The first-order chi connectivity index (χ1) is 7.22. The maximum Gasteiger partial charge on any atom is 0.166 e. The number of halogens is 2. The van der Waals surface area contributed by atoms with Crippen LogP contribution in [0.4, 0.5) is 8.78 Å². The molecule has 1 aromatic carbocycles. The molecule has 15 heavy (non-hydrogen) atoms. The zero-order valence-corrected chi connectivity index (χ0v) is 8.91. The SMILES string of the molecule is FCCNC(=S)NCc1ccc(F)cc1. The van der Waals surface area contributed by atoms with Crippen molar-refractivity contribution in [1.29, 1.82) is 0 Å². The molecule has 0 aliphatic carbocycles. The molecule has 0 radical (unpaired) electrons. The van der Waals surface area contributed by atoms with Gasteiger partial charge in [0.25, 0.3) is 0 Å². The second-order valence-corrected chi connectivity index (χ2v) is 3.33. The van der Waals surface area contributed by atoms with Crippen LogP contribution in [0.15, 0.2) is 24.3 Å². The molecule has 0 amide bonds. The van der Waals surface area contributed by atoms with Gasteiger partial charge in [0, 0.05) is 13.1 Å². The van der Waals surface area contributed by atoms with Gasteiger partial charge in [0.1, 0.15) is 12.5 Å². The Hall–Kier alpha value is -1.23. The molecule has 2 N–H and O–H groups in total. The zero-order valence-electron chi connectivity index (χ0n) is 8.09. The molecule has 0 fully saturated rings. The van der Waals surface area contributed by atoms with Crippen LogP contribution >= 0.6 is 12.2 Å². The average Bonchev–Trinajstić information content (AvgIpc) is 2.25. The number of benzene rings is 1. The molecule has 0 heterocycles. The van der Waals surface area contributed by atoms with Crippen molar-refractivity contribution < 1.29 is 8.78 Å². The Labute approximate surface area is 92.7 Å². The fourth-order valence-electron chi connectivity index (χ4n) is 1.01. The van der Waals surface area contributed by atoms with E-state index in [9.17, 15) is 8.78 Å². The Kier molecular flexibility index (Phi) is 4.97. The molecule has 1 aromatic rings. The maximum absolute atomic E-state index is 12.6. The van der Waals surface area contributed by atoms with E-state index < -0.39 is 6.67 Å². The van der Waals surface area contributed by atoms with E-state index in [1.165, 1.54) is 12.1 Å². The Morgan fingerprint density at radius 1 is 1.20 bits per heavy atom. The third kappa shape index (κ3) is 4.69. The van der Waals surface area contributed by atoms with Crippen molar-refractivity contribution >= 4 is 17.3 Å². The molecule has 0 aliphatic heterocycles. The summed E-state index contributed by atoms with van der Waals surface area (Å²) in [5, 5.41) is 5.97. The molecule has 0 aromatic heterocycles. The summed E-state index contributed by atoms with van der Waals surface area (Å²) in [6.07, 6.45) is 0. The Bertz CT molecular complexity index is 314. The molecule has 82 valence electrons. The van der Waals surface area contributed by atoms with Gasteiger partial charge in [0.05, 0.1) is 0 Å². The highest BCUT2D eigenvalue weighted by molar-refractivity contribution is 7.80. The van der Waals surface area contributed by atoms with Crippen molar-refractivity contribution in [3.05, 3.63) is 35.6 Å². The van der Waals surface area contributed by atoms with Gasteiger partial charge in [0.15, 0.2) is 5.11 Å². The normalized spacial score (nSPS) is 9.73. The number of hydrogen-bond donors (Lipinski definition) is 2. The van der Waals surface area contributed by atoms with E-state index in [2.05, 4.69) is 10.6 Å². The zero-order chi connectivity index (χ0) is 11.1. The number of thiocarbonyl (C=S) groups is 1. The lowest BCUT2D eigenvalue weighted by Crippen LogP contribution is -2.35. The second kappa shape index (κ2) is 6.29. The highest BCUT2D eigenvalue weighted by Gasteiger charge is 1.96. The van der Waals surface area contributed by atoms with Crippen molar-refractivity contribution in [2.45, 2.75) is 6.54 Å². The average molecular weight is 230 g/mol. The Morgan fingerprint density at radius 3 is 2.47 bits per heavy atom. The largest absolute Gasteiger partial charge is 0.360 e. The first kappa shape index (κ1) is 11.8. The van der Waals surface area contributed by atoms with Crippen molar-refractivity contribution in [1.82, 2.24) is 10.6 Å². The third-order valence-electron chi connectivity index (χ3n) is 1.75. The fraction of sp³-hybridized carbons (Fsp3) is 0.300. The first-order valence-corrected chi connectivity index (χ1v) is 4.95. The summed E-state index contributed by atoms with van der Waals surface area (Å²) >= 11 is 4.88. The van der Waals surface area contributed by atoms with Gasteiger partial charge in [-0.2, -0.15) is 0 Å². The quantitative estimate of drug-likeness (QED) is 0.771. The molecule has 0 unspecified atom stereocenters. The summed E-state index contributed by atoms with van der Waals surface area (Å²) < 4.78 is 24.3. The van der Waals surface area contributed by atoms with E-state index in [1.54, 1.807) is 12.1 Å². The first-order valence-electron chi connectivity index (χ1n) is 4.54. The predicted molar refractivity (Wildman–Crippen MR) is 59.8 cm³/mol. The summed E-state index contributed by atoms with van der Waals surface area (Å²) in [6.45, 7) is 0.242. The molecule has 0 spiro atoms. The molecule has 0 atom stereocenters. The summed E-state index contributed by atoms with van der Waals surface area (Å²) in [6, 6.07) is 6.10. The van der Waals surface area contributed by atoms with Crippen LogP contribution in [0.1, 0.15) is 5.56 Å². The smallest absolute Gasteiger partial charge is 0.166 e. The minimum Gasteiger partial charge on any atom is -0.360 e. The maximum atomic E-state index is 12.6. The fourth-order valence-corrected chi connectivity index (χ4v) is 1.18. The molecular formula is C10H12F2N2S. The van der Waals surface area contributed by atoms with E-state index in [0.717, 1.165) is 5.56 Å². The van der Waals surface area contributed by atoms with Crippen LogP contribution in [0.5, 0.6) is 0 Å². The molecular weight excluding hydrogens is 218 g/mol. The van der Waals surface area contributed by atoms with Crippen LogP contribution in [-0.4, -0.2) is 18.3 Å². The number of nitrogens with one attached hydrogen (secondary N) is 2. The lowest BCUT2D eigenvalue weighted by Gasteiger charge is -2.08. The third-order valence-corrected chi connectivity index (χ3v) is 2.04. The van der Waals surface area contributed by atoms with E-state index >= 15 is 0 Å². The predicted octanol–water partition coefficient (Wildman–Crippen LogP) is 1.76. The van der Waals surface area contributed by atoms with Gasteiger partial charge >= 0.3 is 0 Å². The molecule has 1 rings (SSSR count). The summed E-state index contributed by atoms with van der Waals surface area (Å²) in [5.41, 5.74) is 0.917. The Morgan fingerprint density at radius 2 is 1.87 bits per heavy atom. The molecule has 0 saturated heterocycles. The summed E-state index contributed by atoms with van der Waals surface area (Å²) in [4.78, 5) is 0. The van der Waals surface area contributed by atoms with Crippen LogP contribution in [0.25, 0.3) is 0 Å². The van der Waals surface area contributed by atoms with Crippen molar-refractivity contribution in [3.8, 4) is 0 Å². The van der Waals surface area contributed by atoms with Gasteiger partial charge in [0.2, 0.25) is 0 Å². The molecule has 0 saturated carbocycles. The number of rotatable bonds is 4. The molecule has 2 nitrogen and oxygen atoms in total. The lowest BCUT2D eigenvalue weighted by molar-refractivity contribution is 0.490. The van der Waals surface area contributed by atoms with Crippen LogP contribution < -0.4 is 10.6 Å². The van der Waals surface area contributed by atoms with E-state index in [-0.39, 0.29) is 12.4 Å². The van der Waals surface area contributed by atoms with Crippen molar-refractivity contribution in [2.24, 2.45) is 0 Å². The van der Waals surface area contributed by atoms with E-state index in [4.69, 9.17) is 12.2 Å². The van der Waals surface area contributed by atoms with Crippen LogP contribution in [0.2, 0.25) is 0 Å². The summed E-state index contributed by atoms with van der Waals surface area (Å²) in [5.74, 6) is -0.267. The second-order valence-electron chi connectivity index (χ2n) is 2.92. The van der Waals surface area contributed by atoms with Gasteiger partial charge in [-0.1, -0.05) is 12.1 Å². The molecule has 0 bridgehead atoms.